The van der Waals surface area contributed by atoms with Gasteiger partial charge in [-0.1, -0.05) is 0 Å². The SMILES string of the molecule is Cn1cc(-c2n[nH]c(Cl)n2)cn1. The van der Waals surface area contributed by atoms with Crippen LogP contribution in [0.15, 0.2) is 12.4 Å². The number of H-pyrrole nitrogens is 1. The molecule has 1 N–H and O–H groups in total. The molecule has 5 nitrogen and oxygen atoms in total. The number of hydrogen-bond donors (Lipinski definition) is 1. The van der Waals surface area contributed by atoms with Crippen molar-refractivity contribution in [2.45, 2.75) is 0 Å². The molecular formula is C6H6ClN5. The summed E-state index contributed by atoms with van der Waals surface area (Å²) in [6.07, 6.45) is 3.50. The van der Waals surface area contributed by atoms with Crippen LogP contribution < -0.4 is 0 Å². The number of aromatic nitrogens is 5. The molecule has 0 aliphatic carbocycles. The molecule has 2 rings (SSSR count). The number of nitrogens with one attached hydrogen (secondary N) is 1. The fourth-order valence-electron chi connectivity index (χ4n) is 0.908. The van der Waals surface area contributed by atoms with Crippen molar-refractivity contribution in [1.29, 1.82) is 0 Å². The van der Waals surface area contributed by atoms with Crippen molar-refractivity contribution < 1.29 is 0 Å². The first-order valence-electron chi connectivity index (χ1n) is 3.32. The molecule has 0 bridgehead atoms. The van der Waals surface area contributed by atoms with E-state index in [9.17, 15) is 0 Å². The summed E-state index contributed by atoms with van der Waals surface area (Å²) in [7, 11) is 1.83. The second-order valence-corrected chi connectivity index (χ2v) is 2.71. The third-order valence-corrected chi connectivity index (χ3v) is 1.59. The second kappa shape index (κ2) is 2.60. The quantitative estimate of drug-likeness (QED) is 0.714. The zero-order valence-corrected chi connectivity index (χ0v) is 7.08. The average Bonchev–Trinajstić information content (AvgIpc) is 2.58. The van der Waals surface area contributed by atoms with Crippen LogP contribution in [0.25, 0.3) is 11.4 Å². The van der Waals surface area contributed by atoms with E-state index in [4.69, 9.17) is 11.6 Å². The Balaban J connectivity index is 2.43. The van der Waals surface area contributed by atoms with Crippen molar-refractivity contribution in [3.63, 3.8) is 0 Å². The van der Waals surface area contributed by atoms with Crippen molar-refractivity contribution in [3.8, 4) is 11.4 Å². The van der Waals surface area contributed by atoms with E-state index in [0.717, 1.165) is 5.56 Å². The van der Waals surface area contributed by atoms with E-state index in [1.807, 2.05) is 13.2 Å². The van der Waals surface area contributed by atoms with Crippen LogP contribution in [-0.4, -0.2) is 25.0 Å². The summed E-state index contributed by atoms with van der Waals surface area (Å²) in [5.41, 5.74) is 0.848. The van der Waals surface area contributed by atoms with Crippen molar-refractivity contribution in [1.82, 2.24) is 25.0 Å². The molecule has 0 aliphatic rings. The molecule has 0 saturated heterocycles. The van der Waals surface area contributed by atoms with Crippen LogP contribution in [0, 0.1) is 0 Å². The number of aromatic amines is 1. The molecule has 2 aromatic heterocycles. The highest BCUT2D eigenvalue weighted by molar-refractivity contribution is 6.28. The number of hydrogen-bond acceptors (Lipinski definition) is 3. The zero-order valence-electron chi connectivity index (χ0n) is 6.32. The predicted molar refractivity (Wildman–Crippen MR) is 43.6 cm³/mol. The molecule has 0 aromatic carbocycles. The monoisotopic (exact) mass is 183 g/mol. The molecule has 0 amide bonds. The van der Waals surface area contributed by atoms with Crippen LogP contribution in [0.2, 0.25) is 5.28 Å². The first-order chi connectivity index (χ1) is 5.75. The molecule has 0 aliphatic heterocycles. The smallest absolute Gasteiger partial charge is 0.218 e. The molecule has 12 heavy (non-hydrogen) atoms. The highest BCUT2D eigenvalue weighted by atomic mass is 35.5. The summed E-state index contributed by atoms with van der Waals surface area (Å²) < 4.78 is 1.68. The Bertz CT molecular complexity index is 352. The average molecular weight is 184 g/mol. The third-order valence-electron chi connectivity index (χ3n) is 1.42. The molecule has 6 heteroatoms. The summed E-state index contributed by atoms with van der Waals surface area (Å²) in [4.78, 5) is 3.94. The lowest BCUT2D eigenvalue weighted by atomic mass is 10.3. The molecule has 0 unspecified atom stereocenters. The van der Waals surface area contributed by atoms with E-state index in [-0.39, 0.29) is 5.28 Å². The first kappa shape index (κ1) is 7.30. The fraction of sp³-hybridized carbons (Fsp3) is 0.167. The number of nitrogens with zero attached hydrogens (tertiary/aromatic N) is 4. The minimum absolute atomic E-state index is 0.286. The van der Waals surface area contributed by atoms with Gasteiger partial charge in [0.05, 0.1) is 11.8 Å². The first-order valence-corrected chi connectivity index (χ1v) is 3.70. The van der Waals surface area contributed by atoms with Crippen LogP contribution >= 0.6 is 11.6 Å². The lowest BCUT2D eigenvalue weighted by molar-refractivity contribution is 0.768. The van der Waals surface area contributed by atoms with E-state index < -0.39 is 0 Å². The third kappa shape index (κ3) is 1.18. The van der Waals surface area contributed by atoms with Crippen LogP contribution in [-0.2, 0) is 7.05 Å². The van der Waals surface area contributed by atoms with Crippen LogP contribution in [0.1, 0.15) is 0 Å². The molecule has 62 valence electrons. The van der Waals surface area contributed by atoms with Crippen LogP contribution in [0.3, 0.4) is 0 Å². The van der Waals surface area contributed by atoms with Gasteiger partial charge in [-0.3, -0.25) is 4.68 Å². The van der Waals surface area contributed by atoms with Crippen molar-refractivity contribution in [2.75, 3.05) is 0 Å². The van der Waals surface area contributed by atoms with Gasteiger partial charge in [-0.25, -0.2) is 5.10 Å². The predicted octanol–water partition coefficient (Wildman–Crippen LogP) is 0.859. The molecule has 0 atom stereocenters. The molecule has 0 spiro atoms. The lowest BCUT2D eigenvalue weighted by Crippen LogP contribution is -1.84. The summed E-state index contributed by atoms with van der Waals surface area (Å²) in [6.45, 7) is 0. The van der Waals surface area contributed by atoms with E-state index >= 15 is 0 Å². The van der Waals surface area contributed by atoms with Crippen molar-refractivity contribution in [2.24, 2.45) is 7.05 Å². The van der Waals surface area contributed by atoms with E-state index in [0.29, 0.717) is 5.82 Å². The van der Waals surface area contributed by atoms with Crippen molar-refractivity contribution in [3.05, 3.63) is 17.7 Å². The topological polar surface area (TPSA) is 59.4 Å². The minimum atomic E-state index is 0.286. The maximum absolute atomic E-state index is 5.56. The summed E-state index contributed by atoms with van der Waals surface area (Å²) in [6, 6.07) is 0. The molecule has 0 radical (unpaired) electrons. The summed E-state index contributed by atoms with van der Waals surface area (Å²) >= 11 is 5.56. The maximum atomic E-state index is 5.56. The molecule has 0 fully saturated rings. The Morgan fingerprint density at radius 3 is 2.92 bits per heavy atom. The molecule has 2 heterocycles. The largest absolute Gasteiger partial charge is 0.275 e. The van der Waals surface area contributed by atoms with Gasteiger partial charge in [0, 0.05) is 13.2 Å². The summed E-state index contributed by atoms with van der Waals surface area (Å²) in [5, 5.41) is 10.7. The van der Waals surface area contributed by atoms with Gasteiger partial charge in [-0.15, -0.1) is 0 Å². The highest BCUT2D eigenvalue weighted by Crippen LogP contribution is 2.13. The Labute approximate surface area is 73.4 Å². The van der Waals surface area contributed by atoms with Gasteiger partial charge in [-0.05, 0) is 11.6 Å². The Morgan fingerprint density at radius 1 is 1.58 bits per heavy atom. The molecular weight excluding hydrogens is 178 g/mol. The Kier molecular flexibility index (Phi) is 1.58. The van der Waals surface area contributed by atoms with E-state index in [1.54, 1.807) is 10.9 Å². The van der Waals surface area contributed by atoms with E-state index in [2.05, 4.69) is 20.3 Å². The molecule has 0 saturated carbocycles. The normalized spacial score (nSPS) is 10.5. The fourth-order valence-corrected chi connectivity index (χ4v) is 1.03. The van der Waals surface area contributed by atoms with Gasteiger partial charge in [0.2, 0.25) is 5.28 Å². The number of halogens is 1. The standard InChI is InChI=1S/C6H6ClN5/c1-12-3-4(2-8-12)5-9-6(7)11-10-5/h2-3H,1H3,(H,9,10,11). The van der Waals surface area contributed by atoms with Gasteiger partial charge < -0.3 is 0 Å². The van der Waals surface area contributed by atoms with Crippen molar-refractivity contribution >= 4 is 11.6 Å². The highest BCUT2D eigenvalue weighted by Gasteiger charge is 2.05. The van der Waals surface area contributed by atoms with Gasteiger partial charge in [0.1, 0.15) is 0 Å². The number of aryl methyl sites for hydroxylation is 1. The Morgan fingerprint density at radius 2 is 2.42 bits per heavy atom. The summed E-state index contributed by atoms with van der Waals surface area (Å²) in [5.74, 6) is 0.563. The maximum Gasteiger partial charge on any atom is 0.218 e. The molecule has 2 aromatic rings. The Hall–Kier alpha value is -1.36. The van der Waals surface area contributed by atoms with Crippen LogP contribution in [0.4, 0.5) is 0 Å². The lowest BCUT2D eigenvalue weighted by Gasteiger charge is -1.83. The van der Waals surface area contributed by atoms with Gasteiger partial charge >= 0.3 is 0 Å². The van der Waals surface area contributed by atoms with Crippen LogP contribution in [0.5, 0.6) is 0 Å². The van der Waals surface area contributed by atoms with E-state index in [1.165, 1.54) is 0 Å². The minimum Gasteiger partial charge on any atom is -0.275 e. The van der Waals surface area contributed by atoms with Gasteiger partial charge in [0.25, 0.3) is 0 Å². The number of rotatable bonds is 1. The van der Waals surface area contributed by atoms with Gasteiger partial charge in [0.15, 0.2) is 5.82 Å². The van der Waals surface area contributed by atoms with Gasteiger partial charge in [-0.2, -0.15) is 15.2 Å². The second-order valence-electron chi connectivity index (χ2n) is 2.35. The zero-order chi connectivity index (χ0) is 8.55.